The first-order chi connectivity index (χ1) is 20.0. The standard InChI is InChI=1S/C26H23ClF8N6O2/c27-16-2-3-17-15(1-4-19(39-17)41-12-23(43,13-41)26(33,34)35)20(16)21(42)36-11-18(40-7-5-24(28,29)6-8-40)14-9-37-22(38-10-14)25(30,31)32/h1-4,9-10,18,43H,5-8,11-13H2,(H,36,42). The van der Waals surface area contributed by atoms with Crippen molar-refractivity contribution in [2.75, 3.05) is 37.6 Å². The van der Waals surface area contributed by atoms with E-state index in [1.54, 1.807) is 4.90 Å². The van der Waals surface area contributed by atoms with Crippen LogP contribution in [0.1, 0.15) is 40.6 Å². The van der Waals surface area contributed by atoms with Crippen LogP contribution < -0.4 is 10.2 Å². The van der Waals surface area contributed by atoms with Crippen LogP contribution in [0.5, 0.6) is 0 Å². The lowest BCUT2D eigenvalue weighted by atomic mass is 9.93. The number of piperidine rings is 1. The fourth-order valence-electron chi connectivity index (χ4n) is 5.05. The van der Waals surface area contributed by atoms with Crippen LogP contribution in [-0.4, -0.2) is 81.3 Å². The van der Waals surface area contributed by atoms with Gasteiger partial charge in [-0.05, 0) is 24.3 Å². The minimum Gasteiger partial charge on any atom is -0.378 e. The van der Waals surface area contributed by atoms with Crippen molar-refractivity contribution in [3.63, 3.8) is 0 Å². The highest BCUT2D eigenvalue weighted by atomic mass is 35.5. The molecule has 4 heterocycles. The fourth-order valence-corrected chi connectivity index (χ4v) is 5.31. The van der Waals surface area contributed by atoms with E-state index in [1.165, 1.54) is 29.2 Å². The molecule has 3 aromatic rings. The van der Waals surface area contributed by atoms with Crippen LogP contribution in [0, 0.1) is 0 Å². The summed E-state index contributed by atoms with van der Waals surface area (Å²) in [6, 6.07) is 4.80. The number of anilines is 1. The third kappa shape index (κ3) is 6.31. The summed E-state index contributed by atoms with van der Waals surface area (Å²) in [6.07, 6.45) is -8.70. The highest BCUT2D eigenvalue weighted by Gasteiger charge is 2.61. The van der Waals surface area contributed by atoms with Crippen LogP contribution >= 0.6 is 11.6 Å². The van der Waals surface area contributed by atoms with Gasteiger partial charge < -0.3 is 15.3 Å². The van der Waals surface area contributed by atoms with Gasteiger partial charge in [-0.25, -0.2) is 23.7 Å². The first kappa shape index (κ1) is 31.1. The first-order valence-corrected chi connectivity index (χ1v) is 13.3. The molecule has 0 radical (unpaired) electrons. The predicted octanol–water partition coefficient (Wildman–Crippen LogP) is 5.01. The van der Waals surface area contributed by atoms with Gasteiger partial charge in [0.1, 0.15) is 5.82 Å². The molecule has 2 saturated heterocycles. The molecule has 2 aliphatic rings. The lowest BCUT2D eigenvalue weighted by Crippen LogP contribution is -2.69. The number of amides is 1. The number of rotatable bonds is 6. The lowest BCUT2D eigenvalue weighted by molar-refractivity contribution is -0.267. The van der Waals surface area contributed by atoms with Crippen LogP contribution in [0.2, 0.25) is 5.02 Å². The first-order valence-electron chi connectivity index (χ1n) is 12.9. The van der Waals surface area contributed by atoms with Crippen molar-refractivity contribution in [3.8, 4) is 0 Å². The number of nitrogens with zero attached hydrogens (tertiary/aromatic N) is 5. The molecule has 2 N–H and O–H groups in total. The van der Waals surface area contributed by atoms with Gasteiger partial charge in [-0.15, -0.1) is 0 Å². The monoisotopic (exact) mass is 638 g/mol. The average molecular weight is 639 g/mol. The zero-order chi connectivity index (χ0) is 31.4. The Balaban J connectivity index is 1.36. The number of nitrogens with one attached hydrogen (secondary N) is 1. The molecule has 2 aliphatic heterocycles. The molecule has 1 unspecified atom stereocenters. The fraction of sp³-hybridized carbons (Fsp3) is 0.462. The van der Waals surface area contributed by atoms with E-state index in [4.69, 9.17) is 11.6 Å². The molecule has 0 saturated carbocycles. The third-order valence-electron chi connectivity index (χ3n) is 7.53. The van der Waals surface area contributed by atoms with Crippen LogP contribution in [0.4, 0.5) is 40.9 Å². The number of aliphatic hydroxyl groups is 1. The zero-order valence-corrected chi connectivity index (χ0v) is 22.7. The van der Waals surface area contributed by atoms with Gasteiger partial charge in [0.2, 0.25) is 5.82 Å². The molecule has 0 spiro atoms. The normalized spacial score (nSPS) is 19.6. The number of hydrogen-bond donors (Lipinski definition) is 2. The number of likely N-dealkylation sites (tertiary alicyclic amines) is 1. The summed E-state index contributed by atoms with van der Waals surface area (Å²) in [5, 5.41) is 12.7. The molecule has 0 bridgehead atoms. The highest BCUT2D eigenvalue weighted by molar-refractivity contribution is 6.35. The third-order valence-corrected chi connectivity index (χ3v) is 7.84. The van der Waals surface area contributed by atoms with Crippen LogP contribution in [0.15, 0.2) is 36.7 Å². The number of halogens is 9. The van der Waals surface area contributed by atoms with Gasteiger partial charge in [-0.1, -0.05) is 11.6 Å². The molecule has 8 nitrogen and oxygen atoms in total. The second-order valence-corrected chi connectivity index (χ2v) is 10.9. The van der Waals surface area contributed by atoms with Crippen LogP contribution in [0.25, 0.3) is 10.9 Å². The van der Waals surface area contributed by atoms with E-state index in [-0.39, 0.29) is 52.5 Å². The van der Waals surface area contributed by atoms with E-state index < -0.39 is 67.6 Å². The minimum absolute atomic E-state index is 0.0157. The van der Waals surface area contributed by atoms with Crippen LogP contribution in [0.3, 0.4) is 0 Å². The van der Waals surface area contributed by atoms with Crippen molar-refractivity contribution < 1.29 is 45.0 Å². The average Bonchev–Trinajstić information content (AvgIpc) is 2.91. The number of β-amino-alcohol motifs (C(OH)–C–C–N with tert-alkyl or cyclic N) is 1. The lowest BCUT2D eigenvalue weighted by Gasteiger charge is -2.47. The highest BCUT2D eigenvalue weighted by Crippen LogP contribution is 2.40. The molecule has 0 aliphatic carbocycles. The summed E-state index contributed by atoms with van der Waals surface area (Å²) in [7, 11) is 0. The Morgan fingerprint density at radius 3 is 2.23 bits per heavy atom. The van der Waals surface area contributed by atoms with Crippen molar-refractivity contribution >= 4 is 34.2 Å². The van der Waals surface area contributed by atoms with Crippen molar-refractivity contribution in [2.24, 2.45) is 0 Å². The second kappa shape index (κ2) is 11.0. The van der Waals surface area contributed by atoms with Gasteiger partial charge >= 0.3 is 12.4 Å². The molecular formula is C26H23ClF8N6O2. The number of carbonyl (C=O) groups excluding carboxylic acids is 1. The van der Waals surface area contributed by atoms with Crippen molar-refractivity contribution in [1.82, 2.24) is 25.2 Å². The summed E-state index contributed by atoms with van der Waals surface area (Å²) in [5.41, 5.74) is -2.49. The van der Waals surface area contributed by atoms with E-state index in [0.717, 1.165) is 12.4 Å². The number of alkyl halides is 8. The molecule has 232 valence electrons. The van der Waals surface area contributed by atoms with Gasteiger partial charge in [-0.2, -0.15) is 26.3 Å². The number of pyridine rings is 1. The number of fused-ring (bicyclic) bond motifs is 1. The maximum absolute atomic E-state index is 13.8. The summed E-state index contributed by atoms with van der Waals surface area (Å²) < 4.78 is 106. The Morgan fingerprint density at radius 1 is 1.02 bits per heavy atom. The van der Waals surface area contributed by atoms with Gasteiger partial charge in [0.15, 0.2) is 5.60 Å². The molecule has 2 fully saturated rings. The summed E-state index contributed by atoms with van der Waals surface area (Å²) in [4.78, 5) is 27.2. The number of carbonyl (C=O) groups is 1. The van der Waals surface area contributed by atoms with E-state index in [2.05, 4.69) is 20.3 Å². The number of aromatic nitrogens is 3. The summed E-state index contributed by atoms with van der Waals surface area (Å²) in [5.74, 6) is -4.84. The molecule has 2 aromatic heterocycles. The van der Waals surface area contributed by atoms with Crippen LogP contribution in [-0.2, 0) is 6.18 Å². The number of hydrogen-bond acceptors (Lipinski definition) is 7. The van der Waals surface area contributed by atoms with E-state index in [9.17, 15) is 45.0 Å². The van der Waals surface area contributed by atoms with Gasteiger partial charge in [-0.3, -0.25) is 9.69 Å². The summed E-state index contributed by atoms with van der Waals surface area (Å²) in [6.45, 7) is -1.85. The van der Waals surface area contributed by atoms with Gasteiger partial charge in [0, 0.05) is 55.8 Å². The Labute approximate surface area is 243 Å². The van der Waals surface area contributed by atoms with Crippen molar-refractivity contribution in [1.29, 1.82) is 0 Å². The SMILES string of the molecule is O=C(NCC(c1cnc(C(F)(F)F)nc1)N1CCC(F)(F)CC1)c1c(Cl)ccc2nc(N3CC(O)(C(F)(F)F)C3)ccc12. The molecule has 1 atom stereocenters. The molecular weight excluding hydrogens is 616 g/mol. The maximum Gasteiger partial charge on any atom is 0.451 e. The second-order valence-electron chi connectivity index (χ2n) is 10.5. The van der Waals surface area contributed by atoms with Gasteiger partial charge in [0.25, 0.3) is 11.8 Å². The Morgan fingerprint density at radius 2 is 1.65 bits per heavy atom. The zero-order valence-electron chi connectivity index (χ0n) is 22.0. The quantitative estimate of drug-likeness (QED) is 0.367. The van der Waals surface area contributed by atoms with E-state index >= 15 is 0 Å². The molecule has 1 aromatic carbocycles. The Bertz CT molecular complexity index is 1500. The van der Waals surface area contributed by atoms with E-state index in [1.807, 2.05) is 0 Å². The minimum atomic E-state index is -4.81. The Kier molecular flexibility index (Phi) is 7.92. The number of benzene rings is 1. The predicted molar refractivity (Wildman–Crippen MR) is 138 cm³/mol. The summed E-state index contributed by atoms with van der Waals surface area (Å²) >= 11 is 6.32. The Hall–Kier alpha value is -3.37. The largest absolute Gasteiger partial charge is 0.451 e. The molecule has 43 heavy (non-hydrogen) atoms. The van der Waals surface area contributed by atoms with E-state index in [0.29, 0.717) is 0 Å². The topological polar surface area (TPSA) is 94.5 Å². The van der Waals surface area contributed by atoms with Crippen molar-refractivity contribution in [3.05, 3.63) is 58.6 Å². The molecule has 1 amide bonds. The molecule has 5 rings (SSSR count). The van der Waals surface area contributed by atoms with Crippen molar-refractivity contribution in [2.45, 2.75) is 42.8 Å². The van der Waals surface area contributed by atoms with Gasteiger partial charge in [0.05, 0.1) is 35.2 Å². The smallest absolute Gasteiger partial charge is 0.378 e. The maximum atomic E-state index is 13.8. The molecule has 17 heteroatoms.